The van der Waals surface area contributed by atoms with Crippen molar-refractivity contribution in [3.05, 3.63) is 35.1 Å². The third kappa shape index (κ3) is 2.01. The molecular weight excluding hydrogens is 243 g/mol. The first-order valence-corrected chi connectivity index (χ1v) is 7.06. The van der Waals surface area contributed by atoms with Crippen molar-refractivity contribution in [1.82, 2.24) is 0 Å². The molecule has 2 rings (SSSR count). The zero-order valence-electron chi connectivity index (χ0n) is 9.11. The smallest absolute Gasteiger partial charge is 0.130 e. The number of nitrogen functional groups attached to an aromatic ring is 1. The van der Waals surface area contributed by atoms with Crippen LogP contribution in [0.2, 0.25) is 0 Å². The molecule has 0 saturated heterocycles. The predicted octanol–water partition coefficient (Wildman–Crippen LogP) is 3.47. The summed E-state index contributed by atoms with van der Waals surface area (Å²) in [5, 5.41) is 2.10. The molecule has 2 N–H and O–H groups in total. The molecule has 0 radical (unpaired) electrons. The van der Waals surface area contributed by atoms with Crippen molar-refractivity contribution in [2.45, 2.75) is 11.6 Å². The molecule has 1 aromatic rings. The minimum Gasteiger partial charge on any atom is -0.397 e. The fourth-order valence-corrected chi connectivity index (χ4v) is 3.58. The van der Waals surface area contributed by atoms with Crippen molar-refractivity contribution in [2.75, 3.05) is 16.9 Å². The molecule has 16 heavy (non-hydrogen) atoms. The lowest BCUT2D eigenvalue weighted by Gasteiger charge is -2.27. The third-order valence-electron chi connectivity index (χ3n) is 2.40. The van der Waals surface area contributed by atoms with Crippen LogP contribution in [0.25, 0.3) is 0 Å². The van der Waals surface area contributed by atoms with Crippen LogP contribution in [0.4, 0.5) is 15.8 Å². The molecule has 0 amide bonds. The predicted molar refractivity (Wildman–Crippen MR) is 71.9 cm³/mol. The van der Waals surface area contributed by atoms with Crippen LogP contribution in [0.1, 0.15) is 6.92 Å². The van der Waals surface area contributed by atoms with Crippen LogP contribution in [0.3, 0.4) is 0 Å². The topological polar surface area (TPSA) is 29.3 Å². The van der Waals surface area contributed by atoms with Crippen molar-refractivity contribution in [2.24, 2.45) is 0 Å². The van der Waals surface area contributed by atoms with E-state index in [0.717, 1.165) is 11.4 Å². The van der Waals surface area contributed by atoms with Gasteiger partial charge in [0.2, 0.25) is 0 Å². The third-order valence-corrected chi connectivity index (χ3v) is 4.84. The number of thioether (sulfide) groups is 2. The Kier molecular flexibility index (Phi) is 3.35. The van der Waals surface area contributed by atoms with E-state index in [2.05, 4.69) is 16.6 Å². The molecule has 1 aliphatic heterocycles. The van der Waals surface area contributed by atoms with Gasteiger partial charge in [0.15, 0.2) is 0 Å². The van der Waals surface area contributed by atoms with Gasteiger partial charge in [-0.15, -0.1) is 11.8 Å². The molecule has 0 aliphatic carbocycles. The first kappa shape index (κ1) is 11.7. The average molecular weight is 256 g/mol. The summed E-state index contributed by atoms with van der Waals surface area (Å²) >= 11 is 3.48. The van der Waals surface area contributed by atoms with Crippen LogP contribution in [0.5, 0.6) is 0 Å². The number of hydrogen-bond acceptors (Lipinski definition) is 4. The molecule has 1 aromatic carbocycles. The van der Waals surface area contributed by atoms with E-state index in [9.17, 15) is 4.39 Å². The minimum atomic E-state index is -0.296. The summed E-state index contributed by atoms with van der Waals surface area (Å²) in [5.74, 6) is -0.296. The summed E-state index contributed by atoms with van der Waals surface area (Å²) in [6.07, 6.45) is 2.05. The molecule has 1 aliphatic rings. The second-order valence-electron chi connectivity index (χ2n) is 3.51. The number of halogens is 1. The first-order valence-electron chi connectivity index (χ1n) is 4.83. The van der Waals surface area contributed by atoms with Gasteiger partial charge in [0.25, 0.3) is 0 Å². The van der Waals surface area contributed by atoms with Gasteiger partial charge >= 0.3 is 0 Å². The van der Waals surface area contributed by atoms with Crippen LogP contribution < -0.4 is 10.6 Å². The summed E-state index contributed by atoms with van der Waals surface area (Å²) in [5.41, 5.74) is 8.35. The minimum absolute atomic E-state index is 0.285. The number of anilines is 2. The second-order valence-corrected chi connectivity index (χ2v) is 5.68. The summed E-state index contributed by atoms with van der Waals surface area (Å²) in [4.78, 5) is 2.13. The largest absolute Gasteiger partial charge is 0.397 e. The SMILES string of the molecule is CSC1SC=C(C)N1c1ccc(F)cc1N. The zero-order chi connectivity index (χ0) is 11.7. The Morgan fingerprint density at radius 3 is 2.88 bits per heavy atom. The zero-order valence-corrected chi connectivity index (χ0v) is 10.7. The maximum Gasteiger partial charge on any atom is 0.130 e. The molecule has 2 nitrogen and oxygen atoms in total. The summed E-state index contributed by atoms with van der Waals surface area (Å²) in [7, 11) is 0. The molecule has 1 unspecified atom stereocenters. The van der Waals surface area contributed by atoms with E-state index in [1.165, 1.54) is 12.1 Å². The summed E-state index contributed by atoms with van der Waals surface area (Å²) in [6, 6.07) is 4.54. The van der Waals surface area contributed by atoms with E-state index in [1.54, 1.807) is 29.6 Å². The lowest BCUT2D eigenvalue weighted by Crippen LogP contribution is -2.25. The van der Waals surface area contributed by atoms with Gasteiger partial charge in [-0.25, -0.2) is 4.39 Å². The molecule has 86 valence electrons. The highest BCUT2D eigenvalue weighted by Crippen LogP contribution is 2.42. The number of nitrogens with two attached hydrogens (primary N) is 1. The fourth-order valence-electron chi connectivity index (χ4n) is 1.65. The standard InChI is InChI=1S/C11H13FN2S2/c1-7-6-16-11(15-2)14(7)10-4-3-8(12)5-9(10)13/h3-6,11H,13H2,1-2H3. The van der Waals surface area contributed by atoms with Gasteiger partial charge in [0.1, 0.15) is 10.5 Å². The highest BCUT2D eigenvalue weighted by molar-refractivity contribution is 8.18. The van der Waals surface area contributed by atoms with Gasteiger partial charge in [-0.05, 0) is 36.8 Å². The molecule has 0 bridgehead atoms. The molecule has 0 fully saturated rings. The lowest BCUT2D eigenvalue weighted by molar-refractivity contribution is 0.628. The summed E-state index contributed by atoms with van der Waals surface area (Å²) in [6.45, 7) is 2.03. The van der Waals surface area contributed by atoms with Gasteiger partial charge in [0, 0.05) is 5.70 Å². The lowest BCUT2D eigenvalue weighted by atomic mass is 10.2. The number of hydrogen-bond donors (Lipinski definition) is 1. The Morgan fingerprint density at radius 2 is 2.25 bits per heavy atom. The Hall–Kier alpha value is -0.810. The highest BCUT2D eigenvalue weighted by atomic mass is 32.2. The van der Waals surface area contributed by atoms with E-state index >= 15 is 0 Å². The summed E-state index contributed by atoms with van der Waals surface area (Å²) < 4.78 is 13.3. The number of allylic oxidation sites excluding steroid dienone is 1. The van der Waals surface area contributed by atoms with Gasteiger partial charge in [-0.1, -0.05) is 11.8 Å². The maximum atomic E-state index is 13.0. The Balaban J connectivity index is 2.39. The van der Waals surface area contributed by atoms with Crippen LogP contribution in [-0.4, -0.2) is 11.0 Å². The van der Waals surface area contributed by atoms with E-state index < -0.39 is 0 Å². The Bertz CT molecular complexity index is 434. The molecule has 0 aromatic heterocycles. The van der Waals surface area contributed by atoms with Gasteiger partial charge in [0.05, 0.1) is 11.4 Å². The quantitative estimate of drug-likeness (QED) is 0.820. The van der Waals surface area contributed by atoms with Crippen LogP contribution in [0.15, 0.2) is 29.3 Å². The van der Waals surface area contributed by atoms with E-state index in [0.29, 0.717) is 5.69 Å². The molecule has 5 heteroatoms. The van der Waals surface area contributed by atoms with Crippen LogP contribution in [-0.2, 0) is 0 Å². The van der Waals surface area contributed by atoms with E-state index in [1.807, 2.05) is 6.92 Å². The Morgan fingerprint density at radius 1 is 1.50 bits per heavy atom. The molecule has 1 atom stereocenters. The monoisotopic (exact) mass is 256 g/mol. The molecule has 1 heterocycles. The number of nitrogens with zero attached hydrogens (tertiary/aromatic N) is 1. The average Bonchev–Trinajstić information content (AvgIpc) is 2.60. The maximum absolute atomic E-state index is 13.0. The molecular formula is C11H13FN2S2. The van der Waals surface area contributed by atoms with Gasteiger partial charge < -0.3 is 10.6 Å². The fraction of sp³-hybridized carbons (Fsp3) is 0.273. The molecule has 0 spiro atoms. The van der Waals surface area contributed by atoms with E-state index in [-0.39, 0.29) is 10.5 Å². The van der Waals surface area contributed by atoms with Crippen molar-refractivity contribution in [1.29, 1.82) is 0 Å². The first-order chi connectivity index (χ1) is 7.63. The highest BCUT2D eigenvalue weighted by Gasteiger charge is 2.26. The van der Waals surface area contributed by atoms with Crippen molar-refractivity contribution >= 4 is 34.9 Å². The molecule has 0 saturated carbocycles. The normalized spacial score (nSPS) is 20.1. The van der Waals surface area contributed by atoms with Crippen LogP contribution >= 0.6 is 23.5 Å². The number of benzene rings is 1. The van der Waals surface area contributed by atoms with Crippen molar-refractivity contribution < 1.29 is 4.39 Å². The van der Waals surface area contributed by atoms with Crippen molar-refractivity contribution in [3.8, 4) is 0 Å². The second kappa shape index (κ2) is 4.59. The Labute approximate surface area is 103 Å². The van der Waals surface area contributed by atoms with Gasteiger partial charge in [-0.2, -0.15) is 0 Å². The van der Waals surface area contributed by atoms with Crippen LogP contribution in [0, 0.1) is 5.82 Å². The van der Waals surface area contributed by atoms with Gasteiger partial charge in [-0.3, -0.25) is 0 Å². The van der Waals surface area contributed by atoms with E-state index in [4.69, 9.17) is 5.73 Å². The number of rotatable bonds is 2. The van der Waals surface area contributed by atoms with Crippen molar-refractivity contribution in [3.63, 3.8) is 0 Å².